The number of carboxylic acids is 1. The van der Waals surface area contributed by atoms with Gasteiger partial charge in [0.05, 0.1) is 40.4 Å². The molecule has 7 aromatic rings. The monoisotopic (exact) mass is 936 g/mol. The van der Waals surface area contributed by atoms with Crippen molar-refractivity contribution in [3.63, 3.8) is 0 Å². The van der Waals surface area contributed by atoms with Crippen LogP contribution in [0.25, 0.3) is 16.6 Å². The van der Waals surface area contributed by atoms with Gasteiger partial charge in [-0.25, -0.2) is 13.6 Å². The number of carbonyl (C=O) groups excluding carboxylic acids is 3. The molecule has 0 radical (unpaired) electrons. The summed E-state index contributed by atoms with van der Waals surface area (Å²) in [5.74, 6) is -3.58. The van der Waals surface area contributed by atoms with Gasteiger partial charge in [-0.15, -0.1) is 0 Å². The van der Waals surface area contributed by atoms with Crippen LogP contribution in [-0.4, -0.2) is 49.0 Å². The first-order chi connectivity index (χ1) is 31.4. The number of ether oxygens (including phenoxy) is 1. The topological polar surface area (TPSA) is 159 Å². The molecule has 2 aromatic heterocycles. The number of aromatic carboxylic acids is 1. The average molecular weight is 937 g/mol. The number of carboxylic acid groups (broad SMARTS) is 1. The van der Waals surface area contributed by atoms with Crippen molar-refractivity contribution in [3.05, 3.63) is 164 Å². The maximum Gasteiger partial charge on any atom is 1.00 e. The number of nitrogens with zero attached hydrogens (tertiary/aromatic N) is 3. The summed E-state index contributed by atoms with van der Waals surface area (Å²) in [6.45, 7) is 1.08. The van der Waals surface area contributed by atoms with Gasteiger partial charge < -0.3 is 34.7 Å². The molecule has 1 amide bonds. The number of aromatic hydroxyl groups is 2. The van der Waals surface area contributed by atoms with E-state index in [1.165, 1.54) is 18.2 Å². The number of esters is 1. The average Bonchev–Trinajstić information content (AvgIpc) is 3.82. The van der Waals surface area contributed by atoms with Gasteiger partial charge in [0.2, 0.25) is 5.91 Å². The predicted octanol–water partition coefficient (Wildman–Crippen LogP) is 5.85. The maximum absolute atomic E-state index is 15.9. The van der Waals surface area contributed by atoms with E-state index in [4.69, 9.17) is 16.3 Å². The number of halogens is 3. The molecule has 11 nitrogen and oxygen atoms in total. The van der Waals surface area contributed by atoms with Crippen LogP contribution in [0.1, 0.15) is 104 Å². The van der Waals surface area contributed by atoms with Gasteiger partial charge in [-0.3, -0.25) is 9.48 Å². The molecule has 10 rings (SSSR count). The minimum absolute atomic E-state index is 0. The zero-order chi connectivity index (χ0) is 45.1. The van der Waals surface area contributed by atoms with Crippen LogP contribution < -0.4 is 40.0 Å². The minimum Gasteiger partial charge on any atom is -0.545 e. The molecule has 0 unspecified atom stereocenters. The van der Waals surface area contributed by atoms with Crippen LogP contribution in [0.3, 0.4) is 0 Å². The molecule has 1 spiro atoms. The molecule has 3 aliphatic rings. The fraction of sp³-hybridized carbons (Fsp3) is 0.240. The molecular formula is C50H40ClF2N4NaO7S. The Morgan fingerprint density at radius 2 is 1.62 bits per heavy atom. The molecule has 0 saturated heterocycles. The van der Waals surface area contributed by atoms with E-state index in [0.717, 1.165) is 84.3 Å². The van der Waals surface area contributed by atoms with E-state index in [-0.39, 0.29) is 74.7 Å². The van der Waals surface area contributed by atoms with Crippen molar-refractivity contribution in [3.8, 4) is 17.2 Å². The van der Waals surface area contributed by atoms with Crippen molar-refractivity contribution in [2.75, 3.05) is 6.54 Å². The summed E-state index contributed by atoms with van der Waals surface area (Å²) >= 11 is 7.36. The molecule has 3 heterocycles. The fourth-order valence-corrected chi connectivity index (χ4v) is 10.7. The van der Waals surface area contributed by atoms with E-state index in [1.807, 2.05) is 22.9 Å². The van der Waals surface area contributed by atoms with Gasteiger partial charge in [0.25, 0.3) is 0 Å². The van der Waals surface area contributed by atoms with E-state index < -0.39 is 34.7 Å². The van der Waals surface area contributed by atoms with Gasteiger partial charge in [-0.05, 0) is 97.3 Å². The van der Waals surface area contributed by atoms with E-state index in [9.17, 15) is 29.7 Å². The molecule has 330 valence electrons. The minimum atomic E-state index is -1.62. The quantitative estimate of drug-likeness (QED) is 0.0692. The standard InChI is InChI=1S/C50H41ClF2N4O7S.Na/c51-40-17-13-35-46(44(40)53)57(45(28-9-10-28)47(35)65-41-7-5-6-34(43(41)52)48(61)62)31-25-55-56(26-31)19-4-2-1-3-18-54-42(60)21-27-8-14-39-36(20-27)49(63)64-50(39)37-15-11-32(58)23-29(37)22-30-24-33(59)12-16-38(30)50;/h5-8,11-17,20,23-26,28,58-59H,1-4,9-10,18-19,21-22H2,(H,54,60)(H,61,62);/q;+1/p-1. The van der Waals surface area contributed by atoms with E-state index in [2.05, 4.69) is 10.4 Å². The third kappa shape index (κ3) is 8.16. The number of benzene rings is 5. The molecule has 66 heavy (non-hydrogen) atoms. The Balaban J connectivity index is 0.00000548. The van der Waals surface area contributed by atoms with Gasteiger partial charge >= 0.3 is 35.5 Å². The molecule has 5 aromatic carbocycles. The molecule has 0 bridgehead atoms. The van der Waals surface area contributed by atoms with Gasteiger partial charge in [-0.2, -0.15) is 5.10 Å². The smallest absolute Gasteiger partial charge is 0.545 e. The first-order valence-electron chi connectivity index (χ1n) is 21.4. The Hall–Kier alpha value is -5.64. The fourth-order valence-electron chi connectivity index (χ4n) is 9.39. The second kappa shape index (κ2) is 18.2. The SMILES string of the molecule is O=C(Cc1ccc2c(c1)C(=O)OC21c2ccc(O)cc2Cc2cc(O)ccc21)NCCCCCCn1cc(-n2c(C3CC3)c(Sc3cccc(C(=O)[O-])c3F)c3ccc(Cl)c(F)c32)cn1.[Na+]. The van der Waals surface area contributed by atoms with Crippen LogP contribution in [-0.2, 0) is 34.5 Å². The van der Waals surface area contributed by atoms with Crippen molar-refractivity contribution in [1.29, 1.82) is 0 Å². The summed E-state index contributed by atoms with van der Waals surface area (Å²) in [5, 5.41) is 40.1. The number of hydrogen-bond acceptors (Lipinski definition) is 9. The zero-order valence-corrected chi connectivity index (χ0v) is 39.3. The van der Waals surface area contributed by atoms with Gasteiger partial charge in [-0.1, -0.05) is 72.6 Å². The molecule has 1 aliphatic heterocycles. The summed E-state index contributed by atoms with van der Waals surface area (Å²) in [6.07, 6.45) is 9.03. The van der Waals surface area contributed by atoms with Crippen LogP contribution in [0.5, 0.6) is 11.5 Å². The maximum atomic E-state index is 15.9. The molecule has 2 aliphatic carbocycles. The number of carbonyl (C=O) groups is 3. The number of unbranched alkanes of at least 4 members (excludes halogenated alkanes) is 3. The summed E-state index contributed by atoms with van der Waals surface area (Å²) in [4.78, 5) is 38.9. The van der Waals surface area contributed by atoms with E-state index in [1.54, 1.807) is 59.4 Å². The number of amides is 1. The first kappa shape index (κ1) is 45.5. The number of aromatic nitrogens is 3. The number of hydrogen-bond donors (Lipinski definition) is 3. The van der Waals surface area contributed by atoms with Crippen molar-refractivity contribution < 1.29 is 72.8 Å². The molecule has 0 atom stereocenters. The Bertz CT molecular complexity index is 3060. The summed E-state index contributed by atoms with van der Waals surface area (Å²) in [5.41, 5.74) is 4.57. The Morgan fingerprint density at radius 1 is 0.909 bits per heavy atom. The molecule has 3 N–H and O–H groups in total. The molecule has 1 fully saturated rings. The Morgan fingerprint density at radius 3 is 2.33 bits per heavy atom. The van der Waals surface area contributed by atoms with Crippen LogP contribution in [0.2, 0.25) is 5.02 Å². The molecule has 1 saturated carbocycles. The third-order valence-corrected chi connectivity index (χ3v) is 14.0. The summed E-state index contributed by atoms with van der Waals surface area (Å²) < 4.78 is 41.1. The van der Waals surface area contributed by atoms with Crippen molar-refractivity contribution >= 4 is 52.1 Å². The van der Waals surface area contributed by atoms with Crippen molar-refractivity contribution in [1.82, 2.24) is 19.7 Å². The number of aryl methyl sites for hydroxylation is 1. The van der Waals surface area contributed by atoms with E-state index in [0.29, 0.717) is 52.2 Å². The van der Waals surface area contributed by atoms with Crippen LogP contribution in [0.15, 0.2) is 107 Å². The van der Waals surface area contributed by atoms with Crippen LogP contribution in [0, 0.1) is 11.6 Å². The third-order valence-electron chi connectivity index (χ3n) is 12.5. The van der Waals surface area contributed by atoms with Gasteiger partial charge in [0.15, 0.2) is 11.4 Å². The van der Waals surface area contributed by atoms with Gasteiger partial charge in [0, 0.05) is 68.3 Å². The summed E-state index contributed by atoms with van der Waals surface area (Å²) in [6, 6.07) is 22.6. The Labute approximate surface area is 409 Å². The number of rotatable bonds is 14. The number of phenols is 2. The Kier molecular flexibility index (Phi) is 12.6. The van der Waals surface area contributed by atoms with Crippen molar-refractivity contribution in [2.24, 2.45) is 0 Å². The zero-order valence-electron chi connectivity index (χ0n) is 35.7. The van der Waals surface area contributed by atoms with Gasteiger partial charge in [0.1, 0.15) is 17.3 Å². The second-order valence-electron chi connectivity index (χ2n) is 16.8. The molecular weight excluding hydrogens is 897 g/mol. The second-order valence-corrected chi connectivity index (χ2v) is 18.3. The van der Waals surface area contributed by atoms with Crippen molar-refractivity contribution in [2.45, 2.75) is 79.2 Å². The summed E-state index contributed by atoms with van der Waals surface area (Å²) in [7, 11) is 0. The first-order valence-corrected chi connectivity index (χ1v) is 22.6. The molecule has 16 heteroatoms. The van der Waals surface area contributed by atoms with Crippen LogP contribution >= 0.6 is 23.4 Å². The van der Waals surface area contributed by atoms with Crippen LogP contribution in [0.4, 0.5) is 8.78 Å². The number of nitrogens with one attached hydrogen (secondary N) is 1. The predicted molar refractivity (Wildman–Crippen MR) is 237 cm³/mol. The number of phenolic OH excluding ortho intramolecular Hbond substituents is 2. The largest absolute Gasteiger partial charge is 1.00 e. The number of fused-ring (bicyclic) bond motifs is 7. The normalized spacial score (nSPS) is 14.4. The van der Waals surface area contributed by atoms with E-state index >= 15 is 8.78 Å².